The Labute approximate surface area is 95.1 Å². The van der Waals surface area contributed by atoms with E-state index in [1.807, 2.05) is 0 Å². The lowest BCUT2D eigenvalue weighted by atomic mass is 9.85. The highest BCUT2D eigenvalue weighted by atomic mass is 16.4. The van der Waals surface area contributed by atoms with Gasteiger partial charge in [0.1, 0.15) is 6.04 Å². The number of carboxylic acids is 1. The number of likely N-dealkylation sites (tertiary alicyclic amines) is 1. The first kappa shape index (κ1) is 13.0. The summed E-state index contributed by atoms with van der Waals surface area (Å²) >= 11 is 0. The van der Waals surface area contributed by atoms with E-state index in [9.17, 15) is 14.7 Å². The molecule has 1 saturated heterocycles. The van der Waals surface area contributed by atoms with Gasteiger partial charge in [-0.3, -0.25) is 4.79 Å². The molecule has 0 aromatic carbocycles. The second-order valence-electron chi connectivity index (χ2n) is 5.41. The molecule has 1 amide bonds. The highest BCUT2D eigenvalue weighted by Crippen LogP contribution is 2.30. The molecule has 1 rings (SSSR count). The SMILES string of the molecule is CC(C)(C)C(C(=O)O)N1CC(CO)CC1=O. The summed E-state index contributed by atoms with van der Waals surface area (Å²) in [4.78, 5) is 24.3. The fraction of sp³-hybridized carbons (Fsp3) is 0.818. The van der Waals surface area contributed by atoms with Crippen LogP contribution in [0, 0.1) is 11.3 Å². The van der Waals surface area contributed by atoms with E-state index in [4.69, 9.17) is 5.11 Å². The lowest BCUT2D eigenvalue weighted by Gasteiger charge is -2.34. The minimum absolute atomic E-state index is 0.0707. The Hall–Kier alpha value is -1.10. The largest absolute Gasteiger partial charge is 0.480 e. The summed E-state index contributed by atoms with van der Waals surface area (Å²) in [5.41, 5.74) is -0.508. The molecule has 92 valence electrons. The summed E-state index contributed by atoms with van der Waals surface area (Å²) in [5.74, 6) is -1.29. The van der Waals surface area contributed by atoms with Gasteiger partial charge in [-0.15, -0.1) is 0 Å². The van der Waals surface area contributed by atoms with Crippen LogP contribution in [0.2, 0.25) is 0 Å². The van der Waals surface area contributed by atoms with Gasteiger partial charge in [0.05, 0.1) is 0 Å². The Morgan fingerprint density at radius 2 is 2.12 bits per heavy atom. The molecule has 0 bridgehead atoms. The number of carbonyl (C=O) groups is 2. The molecule has 16 heavy (non-hydrogen) atoms. The average Bonchev–Trinajstić information content (AvgIpc) is 2.44. The van der Waals surface area contributed by atoms with Gasteiger partial charge in [-0.1, -0.05) is 20.8 Å². The van der Waals surface area contributed by atoms with E-state index < -0.39 is 17.4 Å². The molecular weight excluding hydrogens is 210 g/mol. The summed E-state index contributed by atoms with van der Waals surface area (Å²) < 4.78 is 0. The van der Waals surface area contributed by atoms with Crippen LogP contribution in [0.4, 0.5) is 0 Å². The van der Waals surface area contributed by atoms with Crippen LogP contribution < -0.4 is 0 Å². The van der Waals surface area contributed by atoms with Crippen molar-refractivity contribution in [1.82, 2.24) is 4.90 Å². The van der Waals surface area contributed by atoms with Gasteiger partial charge in [0.15, 0.2) is 0 Å². The van der Waals surface area contributed by atoms with Gasteiger partial charge in [-0.2, -0.15) is 0 Å². The number of rotatable bonds is 3. The van der Waals surface area contributed by atoms with Crippen molar-refractivity contribution in [2.75, 3.05) is 13.2 Å². The summed E-state index contributed by atoms with van der Waals surface area (Å²) in [6.45, 7) is 5.66. The number of aliphatic hydroxyl groups is 1. The maximum Gasteiger partial charge on any atom is 0.326 e. The number of nitrogens with zero attached hydrogens (tertiary/aromatic N) is 1. The number of aliphatic hydroxyl groups excluding tert-OH is 1. The van der Waals surface area contributed by atoms with Crippen molar-refractivity contribution < 1.29 is 19.8 Å². The molecule has 5 heteroatoms. The summed E-state index contributed by atoms with van der Waals surface area (Å²) in [5, 5.41) is 18.2. The van der Waals surface area contributed by atoms with E-state index in [1.165, 1.54) is 4.90 Å². The Morgan fingerprint density at radius 1 is 1.56 bits per heavy atom. The standard InChI is InChI=1S/C11H19NO4/c1-11(2,3)9(10(15)16)12-5-7(6-13)4-8(12)14/h7,9,13H,4-6H2,1-3H3,(H,15,16). The molecular formula is C11H19NO4. The number of aliphatic carboxylic acids is 1. The number of carboxylic acid groups (broad SMARTS) is 1. The molecule has 2 atom stereocenters. The Morgan fingerprint density at radius 3 is 2.44 bits per heavy atom. The van der Waals surface area contributed by atoms with Gasteiger partial charge < -0.3 is 15.1 Å². The highest BCUT2D eigenvalue weighted by molar-refractivity contribution is 5.85. The van der Waals surface area contributed by atoms with Crippen LogP contribution in [0.3, 0.4) is 0 Å². The van der Waals surface area contributed by atoms with Crippen molar-refractivity contribution in [2.24, 2.45) is 11.3 Å². The lowest BCUT2D eigenvalue weighted by Crippen LogP contribution is -2.50. The molecule has 2 N–H and O–H groups in total. The third-order valence-electron chi connectivity index (χ3n) is 2.86. The summed E-state index contributed by atoms with van der Waals surface area (Å²) in [7, 11) is 0. The molecule has 2 unspecified atom stereocenters. The van der Waals surface area contributed by atoms with Gasteiger partial charge >= 0.3 is 5.97 Å². The fourth-order valence-corrected chi connectivity index (χ4v) is 2.15. The topological polar surface area (TPSA) is 77.8 Å². The Bertz CT molecular complexity index is 295. The first-order valence-electron chi connectivity index (χ1n) is 5.40. The predicted molar refractivity (Wildman–Crippen MR) is 57.8 cm³/mol. The minimum atomic E-state index is -0.987. The van der Waals surface area contributed by atoms with Crippen molar-refractivity contribution in [3.8, 4) is 0 Å². The van der Waals surface area contributed by atoms with Gasteiger partial charge in [-0.05, 0) is 5.41 Å². The van der Waals surface area contributed by atoms with E-state index in [0.29, 0.717) is 6.54 Å². The number of hydrogen-bond donors (Lipinski definition) is 2. The smallest absolute Gasteiger partial charge is 0.326 e. The normalized spacial score (nSPS) is 23.6. The number of carbonyl (C=O) groups excluding carboxylic acids is 1. The Kier molecular flexibility index (Phi) is 3.57. The maximum absolute atomic E-state index is 11.7. The van der Waals surface area contributed by atoms with Crippen LogP contribution in [0.5, 0.6) is 0 Å². The number of hydrogen-bond acceptors (Lipinski definition) is 3. The van der Waals surface area contributed by atoms with Crippen LogP contribution in [0.15, 0.2) is 0 Å². The molecule has 5 nitrogen and oxygen atoms in total. The molecule has 0 aromatic rings. The third kappa shape index (κ3) is 2.52. The molecule has 0 radical (unpaired) electrons. The van der Waals surface area contributed by atoms with Gasteiger partial charge in [0.25, 0.3) is 0 Å². The second kappa shape index (κ2) is 4.41. The van der Waals surface area contributed by atoms with Crippen LogP contribution in [0.25, 0.3) is 0 Å². The molecule has 1 fully saturated rings. The van der Waals surface area contributed by atoms with Crippen molar-refractivity contribution >= 4 is 11.9 Å². The lowest BCUT2D eigenvalue weighted by molar-refractivity contribution is -0.153. The quantitative estimate of drug-likeness (QED) is 0.731. The third-order valence-corrected chi connectivity index (χ3v) is 2.86. The van der Waals surface area contributed by atoms with Gasteiger partial charge in [0, 0.05) is 25.5 Å². The predicted octanol–water partition coefficient (Wildman–Crippen LogP) is 0.326. The van der Waals surface area contributed by atoms with Crippen LogP contribution in [-0.2, 0) is 9.59 Å². The van der Waals surface area contributed by atoms with E-state index in [-0.39, 0.29) is 24.9 Å². The molecule has 0 aliphatic carbocycles. The molecule has 0 spiro atoms. The fourth-order valence-electron chi connectivity index (χ4n) is 2.15. The average molecular weight is 229 g/mol. The van der Waals surface area contributed by atoms with E-state index in [1.54, 1.807) is 20.8 Å². The van der Waals surface area contributed by atoms with E-state index >= 15 is 0 Å². The highest BCUT2D eigenvalue weighted by Gasteiger charge is 2.43. The zero-order valence-electron chi connectivity index (χ0n) is 9.93. The minimum Gasteiger partial charge on any atom is -0.480 e. The van der Waals surface area contributed by atoms with E-state index in [0.717, 1.165) is 0 Å². The molecule has 1 heterocycles. The van der Waals surface area contributed by atoms with Crippen LogP contribution >= 0.6 is 0 Å². The summed E-state index contributed by atoms with van der Waals surface area (Å²) in [6, 6.07) is -0.823. The molecule has 0 aromatic heterocycles. The van der Waals surface area contributed by atoms with Crippen molar-refractivity contribution in [1.29, 1.82) is 0 Å². The van der Waals surface area contributed by atoms with Gasteiger partial charge in [0.2, 0.25) is 5.91 Å². The van der Waals surface area contributed by atoms with E-state index in [2.05, 4.69) is 0 Å². The zero-order valence-corrected chi connectivity index (χ0v) is 9.93. The summed E-state index contributed by atoms with van der Waals surface area (Å²) in [6.07, 6.45) is 0.246. The monoisotopic (exact) mass is 229 g/mol. The van der Waals surface area contributed by atoms with Gasteiger partial charge in [-0.25, -0.2) is 4.79 Å². The second-order valence-corrected chi connectivity index (χ2v) is 5.41. The zero-order chi connectivity index (χ0) is 12.5. The molecule has 0 saturated carbocycles. The van der Waals surface area contributed by atoms with Crippen molar-refractivity contribution in [2.45, 2.75) is 33.2 Å². The van der Waals surface area contributed by atoms with Crippen LogP contribution in [-0.4, -0.2) is 46.2 Å². The van der Waals surface area contributed by atoms with Crippen molar-refractivity contribution in [3.05, 3.63) is 0 Å². The molecule has 1 aliphatic heterocycles. The van der Waals surface area contributed by atoms with Crippen LogP contribution in [0.1, 0.15) is 27.2 Å². The first-order chi connectivity index (χ1) is 7.27. The molecule has 1 aliphatic rings. The maximum atomic E-state index is 11.7. The first-order valence-corrected chi connectivity index (χ1v) is 5.40. The Balaban J connectivity index is 2.89. The number of amides is 1. The van der Waals surface area contributed by atoms with Crippen molar-refractivity contribution in [3.63, 3.8) is 0 Å².